The number of aryl methyl sites for hydroxylation is 1. The van der Waals surface area contributed by atoms with Crippen LogP contribution in [-0.2, 0) is 14.3 Å². The molecule has 28 heavy (non-hydrogen) atoms. The van der Waals surface area contributed by atoms with Crippen LogP contribution >= 0.6 is 0 Å². The van der Waals surface area contributed by atoms with Crippen LogP contribution in [0.5, 0.6) is 5.75 Å². The number of fused-ring (bicyclic) bond motifs is 1. The van der Waals surface area contributed by atoms with Crippen LogP contribution in [-0.4, -0.2) is 32.3 Å². The number of hydrogen-bond donors (Lipinski definition) is 1. The van der Waals surface area contributed by atoms with Gasteiger partial charge in [-0.2, -0.15) is 0 Å². The molecule has 2 aromatic carbocycles. The Morgan fingerprint density at radius 1 is 1.18 bits per heavy atom. The number of carbonyl (C=O) groups is 1. The number of ether oxygens (including phenoxy) is 3. The molecule has 1 N–H and O–H groups in total. The topological polar surface area (TPSA) is 56.8 Å². The van der Waals surface area contributed by atoms with Gasteiger partial charge in [-0.3, -0.25) is 4.79 Å². The molecule has 148 valence electrons. The SMILES string of the molecule is COC1c2ccccc2OCC1NC(=O)C(OCC1CC1)c1ccc(C)cc1. The first kappa shape index (κ1) is 19.0. The molecular weight excluding hydrogens is 354 g/mol. The predicted octanol–water partition coefficient (Wildman–Crippen LogP) is 3.73. The Hall–Kier alpha value is -2.37. The first-order valence-electron chi connectivity index (χ1n) is 9.88. The summed E-state index contributed by atoms with van der Waals surface area (Å²) in [6, 6.07) is 15.5. The van der Waals surface area contributed by atoms with Crippen LogP contribution in [0.25, 0.3) is 0 Å². The number of nitrogens with one attached hydrogen (secondary N) is 1. The van der Waals surface area contributed by atoms with Crippen molar-refractivity contribution in [3.63, 3.8) is 0 Å². The summed E-state index contributed by atoms with van der Waals surface area (Å²) in [6.07, 6.45) is 1.48. The summed E-state index contributed by atoms with van der Waals surface area (Å²) in [5.74, 6) is 1.23. The average Bonchev–Trinajstić information content (AvgIpc) is 3.54. The lowest BCUT2D eigenvalue weighted by atomic mass is 9.98. The molecule has 1 aliphatic heterocycles. The summed E-state index contributed by atoms with van der Waals surface area (Å²) in [5, 5.41) is 3.10. The molecule has 2 aliphatic rings. The lowest BCUT2D eigenvalue weighted by molar-refractivity contribution is -0.136. The predicted molar refractivity (Wildman–Crippen MR) is 106 cm³/mol. The maximum Gasteiger partial charge on any atom is 0.254 e. The van der Waals surface area contributed by atoms with Gasteiger partial charge in [0.25, 0.3) is 5.91 Å². The number of carbonyl (C=O) groups excluding carboxylic acids is 1. The van der Waals surface area contributed by atoms with Crippen LogP contribution in [0.1, 0.15) is 41.7 Å². The van der Waals surface area contributed by atoms with E-state index in [-0.39, 0.29) is 18.1 Å². The molecule has 3 atom stereocenters. The van der Waals surface area contributed by atoms with Crippen LogP contribution in [0.15, 0.2) is 48.5 Å². The van der Waals surface area contributed by atoms with E-state index in [1.165, 1.54) is 12.8 Å². The van der Waals surface area contributed by atoms with Crippen molar-refractivity contribution in [2.24, 2.45) is 5.92 Å². The molecule has 1 fully saturated rings. The van der Waals surface area contributed by atoms with Crippen molar-refractivity contribution in [1.82, 2.24) is 5.32 Å². The third kappa shape index (κ3) is 4.21. The minimum absolute atomic E-state index is 0.153. The molecule has 0 spiro atoms. The van der Waals surface area contributed by atoms with E-state index in [0.29, 0.717) is 19.1 Å². The van der Waals surface area contributed by atoms with Gasteiger partial charge in [-0.25, -0.2) is 0 Å². The highest BCUT2D eigenvalue weighted by Crippen LogP contribution is 2.35. The highest BCUT2D eigenvalue weighted by molar-refractivity contribution is 5.82. The standard InChI is InChI=1S/C23H27NO4/c1-15-7-11-17(12-8-15)21(28-13-16-9-10-16)23(25)24-19-14-27-20-6-4-3-5-18(20)22(19)26-2/h3-8,11-12,16,19,21-22H,9-10,13-14H2,1-2H3,(H,24,25). The Morgan fingerprint density at radius 2 is 1.93 bits per heavy atom. The zero-order valence-electron chi connectivity index (χ0n) is 16.4. The summed E-state index contributed by atoms with van der Waals surface area (Å²) in [7, 11) is 1.66. The highest BCUT2D eigenvalue weighted by Gasteiger charge is 2.35. The smallest absolute Gasteiger partial charge is 0.254 e. The molecular formula is C23H27NO4. The maximum absolute atomic E-state index is 13.2. The van der Waals surface area contributed by atoms with Crippen molar-refractivity contribution in [1.29, 1.82) is 0 Å². The third-order valence-corrected chi connectivity index (χ3v) is 5.40. The molecule has 5 nitrogen and oxygen atoms in total. The van der Waals surface area contributed by atoms with Gasteiger partial charge in [0.1, 0.15) is 18.5 Å². The van der Waals surface area contributed by atoms with E-state index >= 15 is 0 Å². The Kier molecular flexibility index (Phi) is 5.64. The van der Waals surface area contributed by atoms with E-state index in [0.717, 1.165) is 22.4 Å². The molecule has 5 heteroatoms. The average molecular weight is 381 g/mol. The Morgan fingerprint density at radius 3 is 2.64 bits per heavy atom. The second kappa shape index (κ2) is 8.33. The monoisotopic (exact) mass is 381 g/mol. The van der Waals surface area contributed by atoms with Gasteiger partial charge in [-0.1, -0.05) is 48.0 Å². The van der Waals surface area contributed by atoms with Gasteiger partial charge >= 0.3 is 0 Å². The molecule has 0 bridgehead atoms. The molecule has 4 rings (SSSR count). The van der Waals surface area contributed by atoms with Crippen LogP contribution in [0.3, 0.4) is 0 Å². The lowest BCUT2D eigenvalue weighted by Crippen LogP contribution is -2.48. The molecule has 0 aromatic heterocycles. The van der Waals surface area contributed by atoms with Gasteiger partial charge in [0, 0.05) is 12.7 Å². The van der Waals surface area contributed by atoms with Crippen molar-refractivity contribution in [2.45, 2.75) is 38.0 Å². The maximum atomic E-state index is 13.2. The van der Waals surface area contributed by atoms with Gasteiger partial charge in [-0.05, 0) is 37.3 Å². The van der Waals surface area contributed by atoms with Crippen molar-refractivity contribution in [3.05, 3.63) is 65.2 Å². The summed E-state index contributed by atoms with van der Waals surface area (Å²) in [4.78, 5) is 13.2. The van der Waals surface area contributed by atoms with Crippen molar-refractivity contribution < 1.29 is 19.0 Å². The second-order valence-corrected chi connectivity index (χ2v) is 7.69. The molecule has 1 amide bonds. The highest BCUT2D eigenvalue weighted by atomic mass is 16.5. The van der Waals surface area contributed by atoms with Gasteiger partial charge in [0.15, 0.2) is 6.10 Å². The Labute approximate surface area is 166 Å². The van der Waals surface area contributed by atoms with Crippen molar-refractivity contribution in [2.75, 3.05) is 20.3 Å². The minimum Gasteiger partial charge on any atom is -0.491 e. The van der Waals surface area contributed by atoms with Crippen LogP contribution in [0, 0.1) is 12.8 Å². The molecule has 1 saturated carbocycles. The van der Waals surface area contributed by atoms with E-state index in [2.05, 4.69) is 5.32 Å². The van der Waals surface area contributed by atoms with Crippen LogP contribution < -0.4 is 10.1 Å². The first-order valence-corrected chi connectivity index (χ1v) is 9.88. The number of benzene rings is 2. The summed E-state index contributed by atoms with van der Waals surface area (Å²) in [5.41, 5.74) is 2.98. The Bertz CT molecular complexity index is 816. The fourth-order valence-corrected chi connectivity index (χ4v) is 3.58. The third-order valence-electron chi connectivity index (χ3n) is 5.40. The van der Waals surface area contributed by atoms with E-state index in [9.17, 15) is 4.79 Å². The molecule has 0 saturated heterocycles. The molecule has 2 aromatic rings. The normalized spacial score (nSPS) is 22.1. The number of para-hydroxylation sites is 1. The van der Waals surface area contributed by atoms with E-state index < -0.39 is 6.10 Å². The van der Waals surface area contributed by atoms with Gasteiger partial charge < -0.3 is 19.5 Å². The number of hydrogen-bond acceptors (Lipinski definition) is 4. The van der Waals surface area contributed by atoms with Gasteiger partial charge in [0.05, 0.1) is 12.6 Å². The number of methoxy groups -OCH3 is 1. The lowest BCUT2D eigenvalue weighted by Gasteiger charge is -2.34. The summed E-state index contributed by atoms with van der Waals surface area (Å²) in [6.45, 7) is 3.01. The fourth-order valence-electron chi connectivity index (χ4n) is 3.58. The summed E-state index contributed by atoms with van der Waals surface area (Å²) < 4.78 is 17.6. The van der Waals surface area contributed by atoms with E-state index in [4.69, 9.17) is 14.2 Å². The molecule has 0 radical (unpaired) electrons. The largest absolute Gasteiger partial charge is 0.491 e. The number of amides is 1. The first-order chi connectivity index (χ1) is 13.7. The summed E-state index contributed by atoms with van der Waals surface area (Å²) >= 11 is 0. The molecule has 3 unspecified atom stereocenters. The second-order valence-electron chi connectivity index (χ2n) is 7.69. The minimum atomic E-state index is -0.629. The van der Waals surface area contributed by atoms with Crippen molar-refractivity contribution in [3.8, 4) is 5.75 Å². The zero-order valence-corrected chi connectivity index (χ0v) is 16.4. The van der Waals surface area contributed by atoms with Crippen LogP contribution in [0.4, 0.5) is 0 Å². The van der Waals surface area contributed by atoms with Crippen molar-refractivity contribution >= 4 is 5.91 Å². The molecule has 1 aliphatic carbocycles. The van der Waals surface area contributed by atoms with Crippen LogP contribution in [0.2, 0.25) is 0 Å². The number of rotatable bonds is 7. The fraction of sp³-hybridized carbons (Fsp3) is 0.435. The van der Waals surface area contributed by atoms with E-state index in [1.807, 2.05) is 55.5 Å². The quantitative estimate of drug-likeness (QED) is 0.794. The Balaban J connectivity index is 1.50. The van der Waals surface area contributed by atoms with Gasteiger partial charge in [-0.15, -0.1) is 0 Å². The molecule has 1 heterocycles. The van der Waals surface area contributed by atoms with E-state index in [1.54, 1.807) is 7.11 Å². The zero-order chi connectivity index (χ0) is 19.5. The van der Waals surface area contributed by atoms with Gasteiger partial charge in [0.2, 0.25) is 0 Å².